The minimum Gasteiger partial charge on any atom is -0.508 e. The third-order valence-electron chi connectivity index (χ3n) is 3.46. The quantitative estimate of drug-likeness (QED) is 0.693. The number of carbonyl (C=O) groups is 2. The lowest BCUT2D eigenvalue weighted by molar-refractivity contribution is -0.122. The second-order valence-electron chi connectivity index (χ2n) is 5.25. The van der Waals surface area contributed by atoms with E-state index >= 15 is 0 Å². The molecule has 0 fully saturated rings. The Morgan fingerprint density at radius 3 is 2.48 bits per heavy atom. The molecule has 128 valence electrons. The van der Waals surface area contributed by atoms with Gasteiger partial charge in [-0.15, -0.1) is 0 Å². The molecule has 0 bridgehead atoms. The van der Waals surface area contributed by atoms with Crippen LogP contribution in [0.2, 0.25) is 0 Å². The number of halogens is 1. The Bertz CT molecular complexity index is 800. The standard InChI is InChI=1S/C18H16FN3O3/c19-15-4-2-1-3-14(15)17(24)22-16(18(25)21-10-9-20)11-12-5-7-13(23)8-6-12/h1-8,16,23H,10-11H2,(H,21,25)(H,22,24). The minimum atomic E-state index is -0.995. The summed E-state index contributed by atoms with van der Waals surface area (Å²) in [4.78, 5) is 24.5. The van der Waals surface area contributed by atoms with Gasteiger partial charge in [-0.1, -0.05) is 24.3 Å². The van der Waals surface area contributed by atoms with Gasteiger partial charge in [0.15, 0.2) is 0 Å². The summed E-state index contributed by atoms with van der Waals surface area (Å²) in [7, 11) is 0. The number of aromatic hydroxyl groups is 1. The van der Waals surface area contributed by atoms with Gasteiger partial charge in [0, 0.05) is 6.42 Å². The summed E-state index contributed by atoms with van der Waals surface area (Å²) in [5.74, 6) is -1.90. The van der Waals surface area contributed by atoms with E-state index in [-0.39, 0.29) is 24.3 Å². The van der Waals surface area contributed by atoms with Crippen LogP contribution in [0.1, 0.15) is 15.9 Å². The highest BCUT2D eigenvalue weighted by atomic mass is 19.1. The highest BCUT2D eigenvalue weighted by Crippen LogP contribution is 2.12. The summed E-state index contributed by atoms with van der Waals surface area (Å²) in [6, 6.07) is 12.4. The molecule has 0 aliphatic carbocycles. The first kappa shape index (κ1) is 17.9. The average molecular weight is 341 g/mol. The van der Waals surface area contributed by atoms with Crippen molar-refractivity contribution in [3.05, 3.63) is 65.5 Å². The molecule has 6 nitrogen and oxygen atoms in total. The van der Waals surface area contributed by atoms with Crippen LogP contribution in [0.5, 0.6) is 5.75 Å². The van der Waals surface area contributed by atoms with Gasteiger partial charge in [-0.3, -0.25) is 9.59 Å². The molecule has 1 unspecified atom stereocenters. The third kappa shape index (κ3) is 5.04. The molecular formula is C18H16FN3O3. The van der Waals surface area contributed by atoms with Gasteiger partial charge in [0.05, 0.1) is 11.6 Å². The molecule has 7 heteroatoms. The SMILES string of the molecule is N#CCNC(=O)C(Cc1ccc(O)cc1)NC(=O)c1ccccc1F. The molecule has 2 aromatic carbocycles. The Morgan fingerprint density at radius 2 is 1.84 bits per heavy atom. The largest absolute Gasteiger partial charge is 0.508 e. The molecule has 2 aromatic rings. The molecular weight excluding hydrogens is 325 g/mol. The van der Waals surface area contributed by atoms with Crippen molar-refractivity contribution in [1.29, 1.82) is 5.26 Å². The normalized spacial score (nSPS) is 11.2. The summed E-state index contributed by atoms with van der Waals surface area (Å²) in [6.07, 6.45) is 0.123. The Kier molecular flexibility index (Phi) is 6.07. The maximum absolute atomic E-state index is 13.7. The maximum Gasteiger partial charge on any atom is 0.254 e. The molecule has 25 heavy (non-hydrogen) atoms. The number of phenolic OH excluding ortho intramolecular Hbond substituents is 1. The van der Waals surface area contributed by atoms with Gasteiger partial charge < -0.3 is 15.7 Å². The number of phenols is 1. The Hall–Kier alpha value is -3.40. The first-order valence-corrected chi connectivity index (χ1v) is 7.49. The summed E-state index contributed by atoms with van der Waals surface area (Å²) in [5.41, 5.74) is 0.509. The van der Waals surface area contributed by atoms with Crippen molar-refractivity contribution in [2.24, 2.45) is 0 Å². The van der Waals surface area contributed by atoms with Gasteiger partial charge in [0.25, 0.3) is 5.91 Å². The number of amides is 2. The molecule has 0 aliphatic heterocycles. The van der Waals surface area contributed by atoms with Crippen LogP contribution in [0.25, 0.3) is 0 Å². The maximum atomic E-state index is 13.7. The number of nitriles is 1. The first-order valence-electron chi connectivity index (χ1n) is 7.49. The molecule has 0 saturated carbocycles. The number of benzene rings is 2. The van der Waals surface area contributed by atoms with Crippen LogP contribution < -0.4 is 10.6 Å². The summed E-state index contributed by atoms with van der Waals surface area (Å²) in [6.45, 7) is -0.208. The van der Waals surface area contributed by atoms with Crippen molar-refractivity contribution in [1.82, 2.24) is 10.6 Å². The van der Waals surface area contributed by atoms with Crippen LogP contribution in [0.3, 0.4) is 0 Å². The van der Waals surface area contributed by atoms with Gasteiger partial charge in [-0.2, -0.15) is 5.26 Å². The van der Waals surface area contributed by atoms with Crippen LogP contribution in [0.4, 0.5) is 4.39 Å². The number of hydrogen-bond acceptors (Lipinski definition) is 4. The monoisotopic (exact) mass is 341 g/mol. The second-order valence-corrected chi connectivity index (χ2v) is 5.25. The van der Waals surface area contributed by atoms with Crippen LogP contribution in [0, 0.1) is 17.1 Å². The van der Waals surface area contributed by atoms with Crippen molar-refractivity contribution in [3.63, 3.8) is 0 Å². The zero-order chi connectivity index (χ0) is 18.2. The zero-order valence-corrected chi connectivity index (χ0v) is 13.2. The number of hydrogen-bond donors (Lipinski definition) is 3. The van der Waals surface area contributed by atoms with Crippen LogP contribution in [-0.4, -0.2) is 29.5 Å². The summed E-state index contributed by atoms with van der Waals surface area (Å²) >= 11 is 0. The van der Waals surface area contributed by atoms with E-state index in [1.54, 1.807) is 18.2 Å². The van der Waals surface area contributed by atoms with E-state index in [0.29, 0.717) is 5.56 Å². The van der Waals surface area contributed by atoms with E-state index in [0.717, 1.165) is 6.07 Å². The number of nitrogens with one attached hydrogen (secondary N) is 2. The lowest BCUT2D eigenvalue weighted by Crippen LogP contribution is -2.48. The molecule has 0 heterocycles. The summed E-state index contributed by atoms with van der Waals surface area (Å²) in [5, 5.41) is 22.8. The van der Waals surface area contributed by atoms with Crippen molar-refractivity contribution in [3.8, 4) is 11.8 Å². The van der Waals surface area contributed by atoms with E-state index in [4.69, 9.17) is 5.26 Å². The smallest absolute Gasteiger partial charge is 0.254 e. The molecule has 2 amide bonds. The van der Waals surface area contributed by atoms with Crippen molar-refractivity contribution >= 4 is 11.8 Å². The van der Waals surface area contributed by atoms with Crippen molar-refractivity contribution < 1.29 is 19.1 Å². The molecule has 3 N–H and O–H groups in total. The molecule has 0 aromatic heterocycles. The Balaban J connectivity index is 2.17. The van der Waals surface area contributed by atoms with Gasteiger partial charge >= 0.3 is 0 Å². The fourth-order valence-corrected chi connectivity index (χ4v) is 2.21. The number of carbonyl (C=O) groups excluding carboxylic acids is 2. The Labute approximate surface area is 143 Å². The Morgan fingerprint density at radius 1 is 1.16 bits per heavy atom. The lowest BCUT2D eigenvalue weighted by atomic mass is 10.0. The van der Waals surface area contributed by atoms with Crippen LogP contribution in [0.15, 0.2) is 48.5 Å². The highest BCUT2D eigenvalue weighted by molar-refractivity contribution is 5.97. The minimum absolute atomic E-state index is 0.0737. The van der Waals surface area contributed by atoms with Gasteiger partial charge in [-0.05, 0) is 29.8 Å². The van der Waals surface area contributed by atoms with Gasteiger partial charge in [0.1, 0.15) is 24.2 Å². The summed E-state index contributed by atoms with van der Waals surface area (Å²) < 4.78 is 13.7. The molecule has 0 saturated heterocycles. The fraction of sp³-hybridized carbons (Fsp3) is 0.167. The van der Waals surface area contributed by atoms with E-state index in [2.05, 4.69) is 10.6 Å². The number of nitrogens with zero attached hydrogens (tertiary/aromatic N) is 1. The average Bonchev–Trinajstić information content (AvgIpc) is 2.61. The molecule has 1 atom stereocenters. The van der Waals surface area contributed by atoms with E-state index in [1.807, 2.05) is 0 Å². The van der Waals surface area contributed by atoms with Gasteiger partial charge in [0.2, 0.25) is 5.91 Å². The van der Waals surface area contributed by atoms with E-state index in [1.165, 1.54) is 30.3 Å². The number of rotatable bonds is 6. The fourth-order valence-electron chi connectivity index (χ4n) is 2.21. The zero-order valence-electron chi connectivity index (χ0n) is 13.2. The highest BCUT2D eigenvalue weighted by Gasteiger charge is 2.23. The van der Waals surface area contributed by atoms with Crippen molar-refractivity contribution in [2.75, 3.05) is 6.54 Å². The van der Waals surface area contributed by atoms with Crippen LogP contribution >= 0.6 is 0 Å². The van der Waals surface area contributed by atoms with Gasteiger partial charge in [-0.25, -0.2) is 4.39 Å². The van der Waals surface area contributed by atoms with Crippen LogP contribution in [-0.2, 0) is 11.2 Å². The topological polar surface area (TPSA) is 102 Å². The molecule has 0 radical (unpaired) electrons. The van der Waals surface area contributed by atoms with E-state index in [9.17, 15) is 19.1 Å². The molecule has 0 spiro atoms. The molecule has 2 rings (SSSR count). The second kappa shape index (κ2) is 8.45. The lowest BCUT2D eigenvalue weighted by Gasteiger charge is -2.18. The molecule has 0 aliphatic rings. The third-order valence-corrected chi connectivity index (χ3v) is 3.46. The van der Waals surface area contributed by atoms with Crippen molar-refractivity contribution in [2.45, 2.75) is 12.5 Å². The first-order chi connectivity index (χ1) is 12.0. The predicted molar refractivity (Wildman–Crippen MR) is 88.1 cm³/mol. The van der Waals surface area contributed by atoms with E-state index < -0.39 is 23.7 Å². The predicted octanol–water partition coefficient (Wildman–Crippen LogP) is 1.51.